The minimum absolute atomic E-state index is 0.00165. The van der Waals surface area contributed by atoms with E-state index in [9.17, 15) is 18.3 Å². The summed E-state index contributed by atoms with van der Waals surface area (Å²) in [4.78, 5) is 0. The molecular formula is C16H13BrF3N3OS. The summed E-state index contributed by atoms with van der Waals surface area (Å²) in [5, 5.41) is 12.6. The number of rotatable bonds is 5. The minimum Gasteiger partial charge on any atom is -0.394 e. The van der Waals surface area contributed by atoms with Crippen LogP contribution in [0, 0.1) is 0 Å². The molecule has 3 aromatic rings. The normalized spacial score (nSPS) is 13.3. The maximum Gasteiger partial charge on any atom is 0.416 e. The predicted molar refractivity (Wildman–Crippen MR) is 93.2 cm³/mol. The van der Waals surface area contributed by atoms with Crippen molar-refractivity contribution < 1.29 is 18.3 Å². The minimum atomic E-state index is -4.51. The molecule has 0 saturated carbocycles. The molecule has 1 atom stereocenters. The number of aliphatic hydroxyl groups is 1. The molecule has 132 valence electrons. The first kappa shape index (κ1) is 18.2. The van der Waals surface area contributed by atoms with Crippen molar-refractivity contribution >= 4 is 38.7 Å². The molecule has 0 amide bonds. The Morgan fingerprint density at radius 2 is 2.00 bits per heavy atom. The summed E-state index contributed by atoms with van der Waals surface area (Å²) in [6.07, 6.45) is -4.51. The number of fused-ring (bicyclic) bond motifs is 1. The molecule has 2 N–H and O–H groups in total. The Morgan fingerprint density at radius 1 is 1.20 bits per heavy atom. The van der Waals surface area contributed by atoms with Crippen molar-refractivity contribution in [1.82, 2.24) is 14.1 Å². The highest BCUT2D eigenvalue weighted by molar-refractivity contribution is 9.10. The molecule has 0 saturated heterocycles. The van der Waals surface area contributed by atoms with Gasteiger partial charge in [0.05, 0.1) is 29.9 Å². The lowest BCUT2D eigenvalue weighted by Gasteiger charge is -2.21. The Bertz CT molecular complexity index is 884. The second kappa shape index (κ2) is 7.36. The van der Waals surface area contributed by atoms with E-state index in [0.717, 1.165) is 28.9 Å². The smallest absolute Gasteiger partial charge is 0.394 e. The summed E-state index contributed by atoms with van der Waals surface area (Å²) in [5.41, 5.74) is 1.49. The zero-order valence-corrected chi connectivity index (χ0v) is 15.1. The lowest BCUT2D eigenvalue weighted by molar-refractivity contribution is -0.138. The van der Waals surface area contributed by atoms with Gasteiger partial charge in [0.15, 0.2) is 0 Å². The van der Waals surface area contributed by atoms with Gasteiger partial charge in [0.1, 0.15) is 11.0 Å². The Morgan fingerprint density at radius 3 is 2.72 bits per heavy atom. The van der Waals surface area contributed by atoms with Crippen LogP contribution in [0.25, 0.3) is 11.0 Å². The molecular weight excluding hydrogens is 419 g/mol. The fraction of sp³-hybridized carbons (Fsp3) is 0.250. The van der Waals surface area contributed by atoms with Crippen LogP contribution in [0.3, 0.4) is 0 Å². The maximum atomic E-state index is 13.3. The van der Waals surface area contributed by atoms with Crippen LogP contribution < -0.4 is 5.32 Å². The summed E-state index contributed by atoms with van der Waals surface area (Å²) >= 11 is 4.14. The topological polar surface area (TPSA) is 58.0 Å². The maximum absolute atomic E-state index is 13.3. The van der Waals surface area contributed by atoms with Gasteiger partial charge >= 0.3 is 6.18 Å². The highest BCUT2D eigenvalue weighted by Gasteiger charge is 2.35. The molecule has 0 aliphatic heterocycles. The van der Waals surface area contributed by atoms with E-state index >= 15 is 0 Å². The van der Waals surface area contributed by atoms with Crippen LogP contribution in [0.2, 0.25) is 0 Å². The average molecular weight is 432 g/mol. The van der Waals surface area contributed by atoms with E-state index in [1.165, 1.54) is 12.1 Å². The van der Waals surface area contributed by atoms with Crippen molar-refractivity contribution in [3.8, 4) is 0 Å². The molecule has 3 rings (SSSR count). The average Bonchev–Trinajstić information content (AvgIpc) is 3.05. The third kappa shape index (κ3) is 4.00. The van der Waals surface area contributed by atoms with E-state index in [-0.39, 0.29) is 12.1 Å². The van der Waals surface area contributed by atoms with Gasteiger partial charge in [0.25, 0.3) is 0 Å². The summed E-state index contributed by atoms with van der Waals surface area (Å²) in [7, 11) is 0. The fourth-order valence-corrected chi connectivity index (χ4v) is 3.52. The second-order valence-corrected chi connectivity index (χ2v) is 6.84. The molecule has 1 aromatic heterocycles. The SMILES string of the molecule is OCC(NCc1cccc2nsnc12)c1ccc(Br)cc1C(F)(F)F. The zero-order chi connectivity index (χ0) is 18.0. The largest absolute Gasteiger partial charge is 0.416 e. The molecule has 0 aliphatic rings. The quantitative estimate of drug-likeness (QED) is 0.632. The van der Waals surface area contributed by atoms with Crippen molar-refractivity contribution in [2.45, 2.75) is 18.8 Å². The van der Waals surface area contributed by atoms with Crippen LogP contribution in [0.4, 0.5) is 13.2 Å². The Hall–Kier alpha value is -1.55. The standard InChI is InChI=1S/C16H13BrF3N3OS/c17-10-4-5-11(12(6-10)16(18,19)20)14(8-24)21-7-9-2-1-3-13-15(9)23-25-22-13/h1-6,14,21,24H,7-8H2. The van der Waals surface area contributed by atoms with Crippen molar-refractivity contribution in [1.29, 1.82) is 0 Å². The van der Waals surface area contributed by atoms with Gasteiger partial charge in [-0.2, -0.15) is 21.9 Å². The highest BCUT2D eigenvalue weighted by Crippen LogP contribution is 2.36. The highest BCUT2D eigenvalue weighted by atomic mass is 79.9. The first-order valence-corrected chi connectivity index (χ1v) is 8.83. The Kier molecular flexibility index (Phi) is 5.38. The first-order valence-electron chi connectivity index (χ1n) is 7.31. The van der Waals surface area contributed by atoms with Crippen LogP contribution in [0.5, 0.6) is 0 Å². The molecule has 0 radical (unpaired) electrons. The molecule has 9 heteroatoms. The van der Waals surface area contributed by atoms with Crippen LogP contribution in [-0.4, -0.2) is 20.5 Å². The van der Waals surface area contributed by atoms with Crippen LogP contribution in [0.1, 0.15) is 22.7 Å². The lowest BCUT2D eigenvalue weighted by atomic mass is 10.00. The third-order valence-electron chi connectivity index (χ3n) is 3.79. The summed E-state index contributed by atoms with van der Waals surface area (Å²) in [5.74, 6) is 0. The van der Waals surface area contributed by atoms with Crippen LogP contribution in [0.15, 0.2) is 40.9 Å². The van der Waals surface area contributed by atoms with E-state index in [2.05, 4.69) is 30.0 Å². The summed E-state index contributed by atoms with van der Waals surface area (Å²) in [6.45, 7) is -0.197. The Labute approximate surface area is 154 Å². The number of hydrogen-bond acceptors (Lipinski definition) is 5. The van der Waals surface area contributed by atoms with Crippen molar-refractivity contribution in [3.05, 3.63) is 57.6 Å². The van der Waals surface area contributed by atoms with Gasteiger partial charge in [-0.1, -0.05) is 34.1 Å². The molecule has 0 spiro atoms. The number of nitrogens with one attached hydrogen (secondary N) is 1. The molecule has 1 unspecified atom stereocenters. The number of aliphatic hydroxyl groups excluding tert-OH is 1. The van der Waals surface area contributed by atoms with Crippen molar-refractivity contribution in [2.24, 2.45) is 0 Å². The molecule has 2 aromatic carbocycles. The summed E-state index contributed by atoms with van der Waals surface area (Å²) in [6, 6.07) is 8.53. The molecule has 4 nitrogen and oxygen atoms in total. The van der Waals surface area contributed by atoms with Crippen molar-refractivity contribution in [3.63, 3.8) is 0 Å². The lowest BCUT2D eigenvalue weighted by Crippen LogP contribution is -2.26. The molecule has 1 heterocycles. The predicted octanol–water partition coefficient (Wildman–Crippen LogP) is 4.30. The van der Waals surface area contributed by atoms with Gasteiger partial charge in [0, 0.05) is 11.0 Å². The van der Waals surface area contributed by atoms with Crippen LogP contribution >= 0.6 is 27.7 Å². The number of benzene rings is 2. The monoisotopic (exact) mass is 431 g/mol. The fourth-order valence-electron chi connectivity index (χ4n) is 2.59. The van der Waals surface area contributed by atoms with Gasteiger partial charge in [-0.3, -0.25) is 0 Å². The van der Waals surface area contributed by atoms with Gasteiger partial charge in [-0.25, -0.2) is 0 Å². The molecule has 0 bridgehead atoms. The van der Waals surface area contributed by atoms with E-state index in [4.69, 9.17) is 0 Å². The second-order valence-electron chi connectivity index (χ2n) is 5.39. The van der Waals surface area contributed by atoms with Crippen molar-refractivity contribution in [2.75, 3.05) is 6.61 Å². The van der Waals surface area contributed by atoms with Gasteiger partial charge in [0.2, 0.25) is 0 Å². The molecule has 0 aliphatic carbocycles. The number of nitrogens with zero attached hydrogens (tertiary/aromatic N) is 2. The Balaban J connectivity index is 1.88. The number of aromatic nitrogens is 2. The van der Waals surface area contributed by atoms with Crippen LogP contribution in [-0.2, 0) is 12.7 Å². The van der Waals surface area contributed by atoms with E-state index in [1.54, 1.807) is 0 Å². The van der Waals surface area contributed by atoms with Gasteiger partial charge < -0.3 is 10.4 Å². The zero-order valence-electron chi connectivity index (χ0n) is 12.7. The summed E-state index contributed by atoms with van der Waals surface area (Å²) < 4.78 is 48.6. The van der Waals surface area contributed by atoms with Gasteiger partial charge in [-0.15, -0.1) is 0 Å². The first-order chi connectivity index (χ1) is 11.9. The number of halogens is 4. The van der Waals surface area contributed by atoms with E-state index < -0.39 is 24.4 Å². The number of hydrogen-bond donors (Lipinski definition) is 2. The third-order valence-corrected chi connectivity index (χ3v) is 4.82. The van der Waals surface area contributed by atoms with E-state index in [1.807, 2.05) is 18.2 Å². The van der Waals surface area contributed by atoms with E-state index in [0.29, 0.717) is 9.99 Å². The molecule has 25 heavy (non-hydrogen) atoms. The number of alkyl halides is 3. The molecule has 0 fully saturated rings. The van der Waals surface area contributed by atoms with Gasteiger partial charge in [-0.05, 0) is 29.3 Å².